The highest BCUT2D eigenvalue weighted by Crippen LogP contribution is 2.32. The second-order valence-corrected chi connectivity index (χ2v) is 9.84. The highest BCUT2D eigenvalue weighted by atomic mass is 32.2. The lowest BCUT2D eigenvalue weighted by molar-refractivity contribution is -0.153. The first-order valence-corrected chi connectivity index (χ1v) is 11.5. The number of sulfone groups is 1. The van der Waals surface area contributed by atoms with Crippen molar-refractivity contribution in [1.82, 2.24) is 9.88 Å². The molecular weight excluding hydrogens is 380 g/mol. The lowest BCUT2D eigenvalue weighted by atomic mass is 10.1. The number of aryl methyl sites for hydroxylation is 1. The summed E-state index contributed by atoms with van der Waals surface area (Å²) in [5, 5.41) is 1.08. The number of hydrogen-bond acceptors (Lipinski definition) is 5. The molecule has 8 heteroatoms. The minimum Gasteiger partial charge on any atom is -0.456 e. The standard InChI is InChI=1S/C20H24N2O5S/c23-19(22(15-6-7-15)16-9-10-28(25,26)13-16)12-27-20(24)8-5-14-11-21-18-4-2-1-3-17(14)18/h1-4,11,15-16,21H,5-10,12-13H2/t16-/m1/s1. The van der Waals surface area contributed by atoms with Gasteiger partial charge in [0.2, 0.25) is 0 Å². The molecule has 1 aromatic heterocycles. The summed E-state index contributed by atoms with van der Waals surface area (Å²) < 4.78 is 28.7. The molecule has 150 valence electrons. The van der Waals surface area contributed by atoms with Gasteiger partial charge < -0.3 is 14.6 Å². The first kappa shape index (κ1) is 19.0. The van der Waals surface area contributed by atoms with E-state index in [1.807, 2.05) is 30.5 Å². The van der Waals surface area contributed by atoms with Crippen LogP contribution in [0.1, 0.15) is 31.2 Å². The molecule has 28 heavy (non-hydrogen) atoms. The van der Waals surface area contributed by atoms with E-state index in [0.29, 0.717) is 12.8 Å². The number of aromatic amines is 1. The van der Waals surface area contributed by atoms with Gasteiger partial charge in [0.1, 0.15) is 0 Å². The van der Waals surface area contributed by atoms with Gasteiger partial charge in [0.05, 0.1) is 11.5 Å². The fourth-order valence-electron chi connectivity index (χ4n) is 3.92. The molecule has 2 fully saturated rings. The zero-order chi connectivity index (χ0) is 19.7. The van der Waals surface area contributed by atoms with Crippen molar-refractivity contribution in [1.29, 1.82) is 0 Å². The number of nitrogens with one attached hydrogen (secondary N) is 1. The molecule has 4 rings (SSSR count). The molecule has 2 aliphatic rings. The van der Waals surface area contributed by atoms with Crippen LogP contribution in [0.5, 0.6) is 0 Å². The van der Waals surface area contributed by atoms with Crippen LogP contribution >= 0.6 is 0 Å². The summed E-state index contributed by atoms with van der Waals surface area (Å²) in [4.78, 5) is 29.5. The summed E-state index contributed by atoms with van der Waals surface area (Å²) in [5.74, 6) is -0.569. The molecule has 2 heterocycles. The molecular formula is C20H24N2O5S. The van der Waals surface area contributed by atoms with E-state index in [-0.39, 0.29) is 42.5 Å². The molecule has 0 bridgehead atoms. The number of fused-ring (bicyclic) bond motifs is 1. The van der Waals surface area contributed by atoms with E-state index in [0.717, 1.165) is 29.3 Å². The number of para-hydroxylation sites is 1. The van der Waals surface area contributed by atoms with Gasteiger partial charge in [-0.25, -0.2) is 8.42 Å². The summed E-state index contributed by atoms with van der Waals surface area (Å²) in [6.07, 6.45) is 4.85. The highest BCUT2D eigenvalue weighted by Gasteiger charge is 2.42. The molecule has 0 unspecified atom stereocenters. The molecule has 1 saturated heterocycles. The van der Waals surface area contributed by atoms with Gasteiger partial charge in [0.15, 0.2) is 16.4 Å². The normalized spacial score (nSPS) is 20.9. The lowest BCUT2D eigenvalue weighted by Crippen LogP contribution is -2.44. The Morgan fingerprint density at radius 1 is 1.14 bits per heavy atom. The Balaban J connectivity index is 1.29. The fraction of sp³-hybridized carbons (Fsp3) is 0.500. The third-order valence-electron chi connectivity index (χ3n) is 5.46. The predicted octanol–water partition coefficient (Wildman–Crippen LogP) is 1.82. The van der Waals surface area contributed by atoms with Crippen LogP contribution in [-0.2, 0) is 30.6 Å². The van der Waals surface area contributed by atoms with E-state index in [1.54, 1.807) is 4.90 Å². The number of H-pyrrole nitrogens is 1. The lowest BCUT2D eigenvalue weighted by Gasteiger charge is -2.28. The average Bonchev–Trinajstić information content (AvgIpc) is 3.31. The first-order valence-electron chi connectivity index (χ1n) is 9.65. The Hall–Kier alpha value is -2.35. The van der Waals surface area contributed by atoms with E-state index >= 15 is 0 Å². The summed E-state index contributed by atoms with van der Waals surface area (Å²) >= 11 is 0. The van der Waals surface area contributed by atoms with Crippen LogP contribution in [0.15, 0.2) is 30.5 Å². The Kier molecular flexibility index (Phi) is 5.14. The van der Waals surface area contributed by atoms with Gasteiger partial charge in [0, 0.05) is 35.6 Å². The SMILES string of the molecule is O=C(CCc1c[nH]c2ccccc12)OCC(=O)N(C1CC1)[C@@H]1CCS(=O)(=O)C1. The number of hydrogen-bond donors (Lipinski definition) is 1. The fourth-order valence-corrected chi connectivity index (χ4v) is 5.63. The summed E-state index contributed by atoms with van der Waals surface area (Å²) in [5.41, 5.74) is 2.06. The molecule has 1 N–H and O–H groups in total. The number of aromatic nitrogens is 1. The average molecular weight is 404 g/mol. The number of esters is 1. The van der Waals surface area contributed by atoms with Crippen molar-refractivity contribution in [2.24, 2.45) is 0 Å². The Labute approximate surface area is 164 Å². The van der Waals surface area contributed by atoms with E-state index in [4.69, 9.17) is 4.74 Å². The van der Waals surface area contributed by atoms with Crippen LogP contribution in [0, 0.1) is 0 Å². The van der Waals surface area contributed by atoms with Gasteiger partial charge in [-0.1, -0.05) is 18.2 Å². The van der Waals surface area contributed by atoms with Gasteiger partial charge in [-0.05, 0) is 37.3 Å². The number of amides is 1. The minimum atomic E-state index is -3.07. The molecule has 0 radical (unpaired) electrons. The third kappa shape index (κ3) is 4.22. The molecule has 0 spiro atoms. The number of ether oxygens (including phenoxy) is 1. The van der Waals surface area contributed by atoms with Crippen molar-refractivity contribution in [3.8, 4) is 0 Å². The third-order valence-corrected chi connectivity index (χ3v) is 7.21. The monoisotopic (exact) mass is 404 g/mol. The van der Waals surface area contributed by atoms with Gasteiger partial charge in [-0.2, -0.15) is 0 Å². The largest absolute Gasteiger partial charge is 0.456 e. The quantitative estimate of drug-likeness (QED) is 0.710. The molecule has 1 amide bonds. The van der Waals surface area contributed by atoms with E-state index in [1.165, 1.54) is 0 Å². The highest BCUT2D eigenvalue weighted by molar-refractivity contribution is 7.91. The maximum absolute atomic E-state index is 12.6. The van der Waals surface area contributed by atoms with Crippen molar-refractivity contribution in [3.63, 3.8) is 0 Å². The van der Waals surface area contributed by atoms with Crippen LogP contribution < -0.4 is 0 Å². The van der Waals surface area contributed by atoms with Crippen molar-refractivity contribution in [2.45, 2.75) is 44.2 Å². The van der Waals surface area contributed by atoms with Gasteiger partial charge >= 0.3 is 5.97 Å². The Morgan fingerprint density at radius 2 is 1.93 bits per heavy atom. The Bertz CT molecular complexity index is 993. The van der Waals surface area contributed by atoms with E-state index in [2.05, 4.69) is 4.98 Å². The minimum absolute atomic E-state index is 0.0176. The van der Waals surface area contributed by atoms with Crippen molar-refractivity contribution < 1.29 is 22.7 Å². The van der Waals surface area contributed by atoms with Crippen LogP contribution in [0.4, 0.5) is 0 Å². The maximum atomic E-state index is 12.6. The summed E-state index contributed by atoms with van der Waals surface area (Å²) in [6.45, 7) is -0.320. The van der Waals surface area contributed by atoms with Crippen LogP contribution in [0.3, 0.4) is 0 Å². The molecule has 1 atom stereocenters. The molecule has 1 aromatic carbocycles. The number of nitrogens with zero attached hydrogens (tertiary/aromatic N) is 1. The molecule has 7 nitrogen and oxygen atoms in total. The number of carbonyl (C=O) groups excluding carboxylic acids is 2. The summed E-state index contributed by atoms with van der Waals surface area (Å²) in [6, 6.07) is 7.69. The smallest absolute Gasteiger partial charge is 0.306 e. The van der Waals surface area contributed by atoms with E-state index < -0.39 is 15.8 Å². The summed E-state index contributed by atoms with van der Waals surface area (Å²) in [7, 11) is -3.07. The van der Waals surface area contributed by atoms with Crippen LogP contribution in [0.25, 0.3) is 10.9 Å². The van der Waals surface area contributed by atoms with Crippen molar-refractivity contribution in [2.75, 3.05) is 18.1 Å². The van der Waals surface area contributed by atoms with Crippen LogP contribution in [0.2, 0.25) is 0 Å². The van der Waals surface area contributed by atoms with Gasteiger partial charge in [-0.3, -0.25) is 9.59 Å². The number of carbonyl (C=O) groups is 2. The van der Waals surface area contributed by atoms with Gasteiger partial charge in [0.25, 0.3) is 5.91 Å². The second kappa shape index (κ2) is 7.58. The maximum Gasteiger partial charge on any atom is 0.306 e. The topological polar surface area (TPSA) is 96.5 Å². The zero-order valence-corrected chi connectivity index (χ0v) is 16.4. The second-order valence-electron chi connectivity index (χ2n) is 7.61. The zero-order valence-electron chi connectivity index (χ0n) is 15.6. The van der Waals surface area contributed by atoms with E-state index in [9.17, 15) is 18.0 Å². The predicted molar refractivity (Wildman–Crippen MR) is 105 cm³/mol. The van der Waals surface area contributed by atoms with Crippen molar-refractivity contribution in [3.05, 3.63) is 36.0 Å². The Morgan fingerprint density at radius 3 is 2.64 bits per heavy atom. The number of rotatable bonds is 7. The van der Waals surface area contributed by atoms with Crippen LogP contribution in [-0.4, -0.2) is 60.4 Å². The van der Waals surface area contributed by atoms with Gasteiger partial charge in [-0.15, -0.1) is 0 Å². The molecule has 2 aromatic rings. The molecule has 1 aliphatic carbocycles. The van der Waals surface area contributed by atoms with Crippen molar-refractivity contribution >= 4 is 32.6 Å². The molecule has 1 aliphatic heterocycles. The first-order chi connectivity index (χ1) is 13.4. The number of benzene rings is 1. The molecule has 1 saturated carbocycles.